The van der Waals surface area contributed by atoms with Crippen molar-refractivity contribution in [2.24, 2.45) is 5.84 Å². The topological polar surface area (TPSA) is 87.5 Å². The predicted molar refractivity (Wildman–Crippen MR) is 53.9 cm³/mol. The zero-order chi connectivity index (χ0) is 10.7. The summed E-state index contributed by atoms with van der Waals surface area (Å²) in [6.45, 7) is 0. The summed E-state index contributed by atoms with van der Waals surface area (Å²) in [6.07, 6.45) is 0.789. The summed E-state index contributed by atoms with van der Waals surface area (Å²) in [5, 5.41) is 2.92. The highest BCUT2D eigenvalue weighted by molar-refractivity contribution is 7.80. The monoisotopic (exact) mass is 216 g/mol. The van der Waals surface area contributed by atoms with E-state index in [0.29, 0.717) is 12.8 Å². The molecule has 0 aromatic heterocycles. The van der Waals surface area contributed by atoms with Crippen LogP contribution in [0.3, 0.4) is 0 Å². The third-order valence-electron chi connectivity index (χ3n) is 2.09. The molecule has 0 aliphatic carbocycles. The fourth-order valence-corrected chi connectivity index (χ4v) is 1.39. The maximum atomic E-state index is 11.5. The van der Waals surface area contributed by atoms with E-state index in [1.165, 1.54) is 7.05 Å². The molecule has 1 fully saturated rings. The van der Waals surface area contributed by atoms with E-state index in [4.69, 9.17) is 18.1 Å². The Morgan fingerprint density at radius 1 is 1.64 bits per heavy atom. The molecule has 0 aromatic carbocycles. The normalized spacial score (nSPS) is 22.1. The summed E-state index contributed by atoms with van der Waals surface area (Å²) < 4.78 is 0. The van der Waals surface area contributed by atoms with Crippen molar-refractivity contribution in [1.29, 1.82) is 0 Å². The van der Waals surface area contributed by atoms with Gasteiger partial charge in [-0.1, -0.05) is 0 Å². The predicted octanol–water partition coefficient (Wildman–Crippen LogP) is -1.53. The van der Waals surface area contributed by atoms with Gasteiger partial charge in [-0.2, -0.15) is 0 Å². The number of thiocarbonyl (C=S) groups is 1. The first-order valence-corrected chi connectivity index (χ1v) is 4.54. The lowest BCUT2D eigenvalue weighted by Gasteiger charge is -2.28. The average Bonchev–Trinajstić information content (AvgIpc) is 2.19. The second kappa shape index (κ2) is 4.34. The number of hydrogen-bond donors (Lipinski definition) is 3. The van der Waals surface area contributed by atoms with E-state index >= 15 is 0 Å². The molecular formula is C7H12N4O2S. The van der Waals surface area contributed by atoms with Crippen LogP contribution >= 0.6 is 12.2 Å². The molecule has 1 unspecified atom stereocenters. The minimum atomic E-state index is -0.457. The van der Waals surface area contributed by atoms with E-state index < -0.39 is 6.04 Å². The zero-order valence-corrected chi connectivity index (χ0v) is 8.56. The van der Waals surface area contributed by atoms with Gasteiger partial charge in [-0.25, -0.2) is 5.84 Å². The number of carbonyl (C=O) groups excluding carboxylic acids is 2. The number of nitrogens with zero attached hydrogens (tertiary/aromatic N) is 1. The van der Waals surface area contributed by atoms with Crippen LogP contribution in [0.15, 0.2) is 0 Å². The van der Waals surface area contributed by atoms with Gasteiger partial charge in [0.15, 0.2) is 5.11 Å². The van der Waals surface area contributed by atoms with Crippen LogP contribution < -0.4 is 16.6 Å². The van der Waals surface area contributed by atoms with Gasteiger partial charge in [0.25, 0.3) is 5.91 Å². The Bertz CT molecular complexity index is 281. The third-order valence-corrected chi connectivity index (χ3v) is 2.32. The van der Waals surface area contributed by atoms with Crippen LogP contribution in [-0.2, 0) is 9.59 Å². The molecule has 1 aliphatic rings. The molecule has 0 aromatic rings. The Hall–Kier alpha value is -1.21. The van der Waals surface area contributed by atoms with E-state index in [0.717, 1.165) is 4.90 Å². The molecule has 2 amide bonds. The lowest BCUT2D eigenvalue weighted by Crippen LogP contribution is -2.55. The van der Waals surface area contributed by atoms with Gasteiger partial charge < -0.3 is 10.7 Å². The fraction of sp³-hybridized carbons (Fsp3) is 0.571. The molecular weight excluding hydrogens is 204 g/mol. The molecule has 1 aliphatic heterocycles. The van der Waals surface area contributed by atoms with Crippen LogP contribution in [0.4, 0.5) is 0 Å². The number of hydrazine groups is 1. The first-order chi connectivity index (χ1) is 6.56. The van der Waals surface area contributed by atoms with Crippen LogP contribution in [0.1, 0.15) is 12.8 Å². The largest absolute Gasteiger partial charge is 0.350 e. The van der Waals surface area contributed by atoms with Gasteiger partial charge >= 0.3 is 0 Å². The summed E-state index contributed by atoms with van der Waals surface area (Å²) in [5.74, 6) is 4.61. The van der Waals surface area contributed by atoms with Crippen LogP contribution in [0.25, 0.3) is 0 Å². The maximum Gasteiger partial charge on any atom is 0.251 e. The highest BCUT2D eigenvalue weighted by Crippen LogP contribution is 2.10. The van der Waals surface area contributed by atoms with Crippen molar-refractivity contribution < 1.29 is 9.59 Å². The quantitative estimate of drug-likeness (QED) is 0.213. The summed E-state index contributed by atoms with van der Waals surface area (Å²) in [6, 6.07) is -0.457. The summed E-state index contributed by atoms with van der Waals surface area (Å²) in [7, 11) is 1.46. The minimum absolute atomic E-state index is 0.167. The van der Waals surface area contributed by atoms with E-state index in [2.05, 4.69) is 10.7 Å². The maximum absolute atomic E-state index is 11.5. The van der Waals surface area contributed by atoms with Gasteiger partial charge in [0.05, 0.1) is 0 Å². The van der Waals surface area contributed by atoms with E-state index in [-0.39, 0.29) is 16.9 Å². The molecule has 4 N–H and O–H groups in total. The number of piperidine rings is 1. The number of imide groups is 1. The van der Waals surface area contributed by atoms with Gasteiger partial charge in [0, 0.05) is 13.5 Å². The number of likely N-dealkylation sites (tertiary alicyclic amines) is 1. The van der Waals surface area contributed by atoms with Gasteiger partial charge in [0.1, 0.15) is 6.04 Å². The Balaban J connectivity index is 2.59. The standard InChI is InChI=1S/C7H12N4O2S/c1-11-5(12)3-2-4(6(11)13)9-7(14)10-8/h4H,2-3,8H2,1H3,(H2,9,10,14). The number of amides is 2. The van der Waals surface area contributed by atoms with Crippen molar-refractivity contribution in [3.05, 3.63) is 0 Å². The number of nitrogens with two attached hydrogens (primary N) is 1. The molecule has 0 bridgehead atoms. The van der Waals surface area contributed by atoms with Crippen molar-refractivity contribution in [2.45, 2.75) is 18.9 Å². The van der Waals surface area contributed by atoms with Crippen molar-refractivity contribution in [3.63, 3.8) is 0 Å². The van der Waals surface area contributed by atoms with Crippen molar-refractivity contribution >= 4 is 29.1 Å². The molecule has 14 heavy (non-hydrogen) atoms. The van der Waals surface area contributed by atoms with Crippen molar-refractivity contribution in [3.8, 4) is 0 Å². The minimum Gasteiger partial charge on any atom is -0.350 e. The smallest absolute Gasteiger partial charge is 0.251 e. The summed E-state index contributed by atoms with van der Waals surface area (Å²) in [4.78, 5) is 23.7. The van der Waals surface area contributed by atoms with E-state index in [1.807, 2.05) is 0 Å². The third kappa shape index (κ3) is 2.18. The molecule has 6 nitrogen and oxygen atoms in total. The molecule has 1 rings (SSSR count). The van der Waals surface area contributed by atoms with E-state index in [1.54, 1.807) is 0 Å². The molecule has 1 heterocycles. The van der Waals surface area contributed by atoms with Crippen LogP contribution in [0.5, 0.6) is 0 Å². The van der Waals surface area contributed by atoms with E-state index in [9.17, 15) is 9.59 Å². The number of nitrogens with one attached hydrogen (secondary N) is 2. The Morgan fingerprint density at radius 3 is 2.86 bits per heavy atom. The highest BCUT2D eigenvalue weighted by Gasteiger charge is 2.31. The molecule has 0 radical (unpaired) electrons. The van der Waals surface area contributed by atoms with Gasteiger partial charge in [-0.05, 0) is 18.6 Å². The summed E-state index contributed by atoms with van der Waals surface area (Å²) in [5.41, 5.74) is 2.22. The number of carbonyl (C=O) groups is 2. The fourth-order valence-electron chi connectivity index (χ4n) is 1.25. The number of likely N-dealkylation sites (N-methyl/N-ethyl adjacent to an activating group) is 1. The van der Waals surface area contributed by atoms with Crippen LogP contribution in [0, 0.1) is 0 Å². The first kappa shape index (κ1) is 10.9. The summed E-state index contributed by atoms with van der Waals surface area (Å²) >= 11 is 4.75. The molecule has 1 saturated heterocycles. The van der Waals surface area contributed by atoms with Crippen molar-refractivity contribution in [2.75, 3.05) is 7.05 Å². The van der Waals surface area contributed by atoms with Crippen LogP contribution in [-0.4, -0.2) is 34.9 Å². The van der Waals surface area contributed by atoms with Gasteiger partial charge in [-0.3, -0.25) is 14.5 Å². The second-order valence-corrected chi connectivity index (χ2v) is 3.41. The van der Waals surface area contributed by atoms with Gasteiger partial charge in [-0.15, -0.1) is 0 Å². The molecule has 78 valence electrons. The Kier molecular flexibility index (Phi) is 3.37. The Labute approximate surface area is 86.8 Å². The second-order valence-electron chi connectivity index (χ2n) is 3.00. The number of hydrogen-bond acceptors (Lipinski definition) is 4. The highest BCUT2D eigenvalue weighted by atomic mass is 32.1. The first-order valence-electron chi connectivity index (χ1n) is 4.13. The SMILES string of the molecule is CN1C(=O)CCC(NC(=S)NN)C1=O. The van der Waals surface area contributed by atoms with Crippen molar-refractivity contribution in [1.82, 2.24) is 15.6 Å². The average molecular weight is 216 g/mol. The lowest BCUT2D eigenvalue weighted by molar-refractivity contribution is -0.147. The Morgan fingerprint density at radius 2 is 2.29 bits per heavy atom. The molecule has 0 spiro atoms. The molecule has 1 atom stereocenters. The van der Waals surface area contributed by atoms with Crippen LogP contribution in [0.2, 0.25) is 0 Å². The van der Waals surface area contributed by atoms with Gasteiger partial charge in [0.2, 0.25) is 5.91 Å². The molecule has 7 heteroatoms. The lowest BCUT2D eigenvalue weighted by atomic mass is 10.1. The number of rotatable bonds is 1. The molecule has 0 saturated carbocycles. The zero-order valence-electron chi connectivity index (χ0n) is 7.74.